The molecule has 0 heterocycles. The van der Waals surface area contributed by atoms with E-state index in [1.807, 2.05) is 0 Å². The Morgan fingerprint density at radius 1 is 0.857 bits per heavy atom. The van der Waals surface area contributed by atoms with E-state index in [4.69, 9.17) is 0 Å². The van der Waals surface area contributed by atoms with Gasteiger partial charge in [-0.3, -0.25) is 0 Å². The fraction of sp³-hybridized carbons (Fsp3) is 1.00. The quantitative estimate of drug-likeness (QED) is 0.392. The van der Waals surface area contributed by atoms with Gasteiger partial charge < -0.3 is 24.8 Å². The second kappa shape index (κ2) is 15.7. The van der Waals surface area contributed by atoms with Crippen LogP contribution in [0.5, 0.6) is 0 Å². The molecule has 0 unspecified atom stereocenters. The van der Waals surface area contributed by atoms with Gasteiger partial charge in [-0.15, -0.1) is 0 Å². The Balaban J connectivity index is -0.0000000150. The molecule has 0 spiro atoms. The summed E-state index contributed by atoms with van der Waals surface area (Å²) in [5.41, 5.74) is 0. The van der Waals surface area contributed by atoms with Crippen LogP contribution >= 0.6 is 0 Å². The number of halogens is 2. The Labute approximate surface area is 81.9 Å². The van der Waals surface area contributed by atoms with Crippen LogP contribution < -0.4 is 24.8 Å². The van der Waals surface area contributed by atoms with Crippen LogP contribution in [-0.2, 0) is 26.2 Å². The smallest absolute Gasteiger partial charge is 1.00 e. The topological polar surface area (TPSA) is 0 Å². The predicted molar refractivity (Wildman–Crippen MR) is 23.3 cm³/mol. The van der Waals surface area contributed by atoms with Gasteiger partial charge in [0.05, 0.1) is 0 Å². The fourth-order valence-corrected chi connectivity index (χ4v) is 0. The summed E-state index contributed by atoms with van der Waals surface area (Å²) < 4.78 is 0. The number of rotatable bonds is 0. The van der Waals surface area contributed by atoms with Crippen molar-refractivity contribution in [2.75, 3.05) is 0 Å². The largest absolute Gasteiger partial charge is 2.00 e. The van der Waals surface area contributed by atoms with E-state index >= 15 is 0 Å². The first-order valence-electron chi connectivity index (χ1n) is 1.50. The van der Waals surface area contributed by atoms with E-state index in [-0.39, 0.29) is 65.4 Å². The van der Waals surface area contributed by atoms with Gasteiger partial charge in [0.15, 0.2) is 0 Å². The maximum atomic E-state index is 2.33. The first-order valence-corrected chi connectivity index (χ1v) is 7.79. The van der Waals surface area contributed by atoms with E-state index in [0.29, 0.717) is 0 Å². The summed E-state index contributed by atoms with van der Waals surface area (Å²) in [5.74, 6) is 7.00. The minimum atomic E-state index is -0.333. The average molecular weight is 280 g/mol. The Hall–Kier alpha value is 2.01. The summed E-state index contributed by atoms with van der Waals surface area (Å²) in [6, 6.07) is 0. The van der Waals surface area contributed by atoms with E-state index in [0.717, 1.165) is 0 Å². The van der Waals surface area contributed by atoms with E-state index in [2.05, 4.69) is 17.3 Å². The van der Waals surface area contributed by atoms with Gasteiger partial charge in [-0.25, -0.2) is 0 Å². The SMILES string of the molecule is [CH3][Ge]([CH3])[CH3].[Cl-].[Cl-].[Zr+2]. The van der Waals surface area contributed by atoms with Gasteiger partial charge in [0.1, 0.15) is 0 Å². The zero-order chi connectivity index (χ0) is 3.58. The molecule has 0 atom stereocenters. The third-order valence-corrected chi connectivity index (χ3v) is 0. The molecule has 0 saturated carbocycles. The molecule has 0 aromatic carbocycles. The van der Waals surface area contributed by atoms with Gasteiger partial charge in [0.2, 0.25) is 0 Å². The molecule has 0 fully saturated rings. The third-order valence-electron chi connectivity index (χ3n) is 0. The van der Waals surface area contributed by atoms with Crippen LogP contribution in [0.2, 0.25) is 17.3 Å². The fourth-order valence-electron chi connectivity index (χ4n) is 0. The molecule has 0 amide bonds. The normalized spacial score (nSPS) is 5.14. The molecule has 0 aliphatic carbocycles. The van der Waals surface area contributed by atoms with Gasteiger partial charge in [-0.2, -0.15) is 0 Å². The summed E-state index contributed by atoms with van der Waals surface area (Å²) in [5, 5.41) is 0. The van der Waals surface area contributed by atoms with Crippen LogP contribution in [0.1, 0.15) is 0 Å². The summed E-state index contributed by atoms with van der Waals surface area (Å²) in [4.78, 5) is 0. The van der Waals surface area contributed by atoms with Crippen molar-refractivity contribution in [1.29, 1.82) is 0 Å². The van der Waals surface area contributed by atoms with Crippen molar-refractivity contribution in [3.8, 4) is 0 Å². The number of hydrogen-bond donors (Lipinski definition) is 0. The van der Waals surface area contributed by atoms with Crippen LogP contribution in [0, 0.1) is 0 Å². The molecule has 0 rings (SSSR count). The van der Waals surface area contributed by atoms with Crippen LogP contribution in [0.15, 0.2) is 0 Å². The second-order valence-electron chi connectivity index (χ2n) is 1.50. The molecule has 4 heteroatoms. The first kappa shape index (κ1) is 23.0. The third kappa shape index (κ3) is 71.8. The van der Waals surface area contributed by atoms with Gasteiger partial charge in [-0.1, -0.05) is 0 Å². The molecule has 1 radical (unpaired) electrons. The molecule has 0 aliphatic heterocycles. The van der Waals surface area contributed by atoms with Crippen molar-refractivity contribution < 1.29 is 51.0 Å². The first-order chi connectivity index (χ1) is 1.73. The molecule has 0 bridgehead atoms. The average Bonchev–Trinajstić information content (AvgIpc) is 0.811. The molecule has 0 aliphatic rings. The Morgan fingerprint density at radius 2 is 0.857 bits per heavy atom. The summed E-state index contributed by atoms with van der Waals surface area (Å²) in [6.07, 6.45) is 0. The van der Waals surface area contributed by atoms with Crippen LogP contribution in [-0.4, -0.2) is 14.3 Å². The molecule has 0 aromatic heterocycles. The van der Waals surface area contributed by atoms with E-state index in [1.54, 1.807) is 0 Å². The zero-order valence-electron chi connectivity index (χ0n) is 4.76. The van der Waals surface area contributed by atoms with E-state index < -0.39 is 0 Å². The second-order valence-corrected chi connectivity index (χ2v) is 7.79. The summed E-state index contributed by atoms with van der Waals surface area (Å²) in [7, 11) is 0. The maximum Gasteiger partial charge on any atom is 2.00 e. The summed E-state index contributed by atoms with van der Waals surface area (Å²) >= 11 is -0.333. The van der Waals surface area contributed by atoms with E-state index in [1.165, 1.54) is 0 Å². The molecular weight excluding hydrogens is 271 g/mol. The van der Waals surface area contributed by atoms with Crippen molar-refractivity contribution in [2.24, 2.45) is 0 Å². The molecular formula is C3H9Cl2GeZr. The minimum absolute atomic E-state index is 0. The predicted octanol–water partition coefficient (Wildman–Crippen LogP) is -4.62. The monoisotopic (exact) mass is 279 g/mol. The minimum Gasteiger partial charge on any atom is -1.00 e. The van der Waals surface area contributed by atoms with Crippen molar-refractivity contribution in [3.05, 3.63) is 0 Å². The maximum absolute atomic E-state index is 2.33. The number of hydrogen-bond acceptors (Lipinski definition) is 0. The molecule has 7 heavy (non-hydrogen) atoms. The van der Waals surface area contributed by atoms with Crippen molar-refractivity contribution in [3.63, 3.8) is 0 Å². The zero-order valence-corrected chi connectivity index (χ0v) is 10.8. The van der Waals surface area contributed by atoms with Gasteiger partial charge >= 0.3 is 57.8 Å². The molecule has 0 N–H and O–H groups in total. The Kier molecular flexibility index (Phi) is 51.6. The van der Waals surface area contributed by atoms with Gasteiger partial charge in [0, 0.05) is 0 Å². The molecule has 0 aromatic rings. The molecule has 43 valence electrons. The Bertz CT molecular complexity index is 17.7. The van der Waals surface area contributed by atoms with Crippen LogP contribution in [0.4, 0.5) is 0 Å². The standard InChI is InChI=1S/C3H9Ge.2ClH.Zr/c1-4(2)3;;;/h1-3H3;2*1H;/q;;;+2/p-2. The Morgan fingerprint density at radius 3 is 0.857 bits per heavy atom. The van der Waals surface area contributed by atoms with Crippen molar-refractivity contribution >= 4 is 14.3 Å². The van der Waals surface area contributed by atoms with Crippen LogP contribution in [0.3, 0.4) is 0 Å². The molecule has 0 saturated heterocycles. The summed E-state index contributed by atoms with van der Waals surface area (Å²) in [6.45, 7) is 0. The van der Waals surface area contributed by atoms with Gasteiger partial charge in [0.25, 0.3) is 0 Å². The van der Waals surface area contributed by atoms with Crippen molar-refractivity contribution in [1.82, 2.24) is 0 Å². The van der Waals surface area contributed by atoms with Gasteiger partial charge in [-0.05, 0) is 0 Å². The molecule has 0 nitrogen and oxygen atoms in total. The van der Waals surface area contributed by atoms with Crippen LogP contribution in [0.25, 0.3) is 0 Å². The van der Waals surface area contributed by atoms with E-state index in [9.17, 15) is 0 Å². The van der Waals surface area contributed by atoms with Crippen molar-refractivity contribution in [2.45, 2.75) is 17.3 Å².